The van der Waals surface area contributed by atoms with Gasteiger partial charge in [-0.15, -0.1) is 0 Å². The summed E-state index contributed by atoms with van der Waals surface area (Å²) in [5.41, 5.74) is 8.19. The van der Waals surface area contributed by atoms with Gasteiger partial charge in [0.1, 0.15) is 30.0 Å². The number of pyridine rings is 3. The second kappa shape index (κ2) is 9.57. The molecule has 3 aromatic rings. The molecule has 9 nitrogen and oxygen atoms in total. The number of hydrogen-bond acceptors (Lipinski definition) is 8. The van der Waals surface area contributed by atoms with E-state index in [1.54, 1.807) is 49.0 Å². The minimum atomic E-state index is -0.323. The van der Waals surface area contributed by atoms with Crippen LogP contribution in [-0.4, -0.2) is 33.6 Å². The molecule has 9 heteroatoms. The van der Waals surface area contributed by atoms with Gasteiger partial charge in [0, 0.05) is 24.5 Å². The van der Waals surface area contributed by atoms with Crippen LogP contribution < -0.4 is 21.1 Å². The molecule has 1 aliphatic rings. The molecular weight excluding hydrogens is 396 g/mol. The van der Waals surface area contributed by atoms with Crippen molar-refractivity contribution in [2.24, 2.45) is 0 Å². The van der Waals surface area contributed by atoms with Crippen LogP contribution in [0.3, 0.4) is 0 Å². The summed E-state index contributed by atoms with van der Waals surface area (Å²) in [4.78, 5) is 25.0. The fourth-order valence-corrected chi connectivity index (χ4v) is 2.93. The van der Waals surface area contributed by atoms with Gasteiger partial charge in [-0.05, 0) is 42.5 Å². The summed E-state index contributed by atoms with van der Waals surface area (Å²) >= 11 is 0. The van der Waals surface area contributed by atoms with Crippen LogP contribution in [0.5, 0.6) is 5.75 Å². The summed E-state index contributed by atoms with van der Waals surface area (Å²) in [5, 5.41) is 6.01. The minimum absolute atomic E-state index is 0.0212. The van der Waals surface area contributed by atoms with Crippen LogP contribution in [0, 0.1) is 0 Å². The highest BCUT2D eigenvalue weighted by Crippen LogP contribution is 2.17. The van der Waals surface area contributed by atoms with E-state index in [9.17, 15) is 4.79 Å². The summed E-state index contributed by atoms with van der Waals surface area (Å²) in [6, 6.07) is 10.5. The first-order chi connectivity index (χ1) is 15.2. The number of anilines is 3. The molecule has 0 bridgehead atoms. The smallest absolute Gasteiger partial charge is 0.274 e. The SMILES string of the molecule is Nc1ncccc1NCc1cc(NC(=O)c2ccc(OCC3CC=CO3)cn2)ccn1. The lowest BCUT2D eigenvalue weighted by molar-refractivity contribution is 0.102. The van der Waals surface area contributed by atoms with Crippen LogP contribution in [0.2, 0.25) is 0 Å². The van der Waals surface area contributed by atoms with Gasteiger partial charge in [-0.2, -0.15) is 0 Å². The van der Waals surface area contributed by atoms with Gasteiger partial charge in [0.25, 0.3) is 5.91 Å². The van der Waals surface area contributed by atoms with Crippen LogP contribution in [-0.2, 0) is 11.3 Å². The average Bonchev–Trinajstić information content (AvgIpc) is 3.31. The van der Waals surface area contributed by atoms with Crippen molar-refractivity contribution >= 4 is 23.1 Å². The Bertz CT molecular complexity index is 1060. The van der Waals surface area contributed by atoms with E-state index < -0.39 is 0 Å². The highest BCUT2D eigenvalue weighted by atomic mass is 16.5. The molecule has 1 aliphatic heterocycles. The first-order valence-corrected chi connectivity index (χ1v) is 9.77. The number of aromatic nitrogens is 3. The normalized spacial score (nSPS) is 14.6. The molecule has 0 aromatic carbocycles. The Morgan fingerprint density at radius 1 is 1.19 bits per heavy atom. The zero-order valence-electron chi connectivity index (χ0n) is 16.7. The number of nitrogens with one attached hydrogen (secondary N) is 2. The van der Waals surface area contributed by atoms with Gasteiger partial charge < -0.3 is 25.8 Å². The van der Waals surface area contributed by atoms with Crippen molar-refractivity contribution in [2.75, 3.05) is 23.0 Å². The Morgan fingerprint density at radius 3 is 2.90 bits per heavy atom. The Balaban J connectivity index is 1.31. The van der Waals surface area contributed by atoms with E-state index in [4.69, 9.17) is 15.2 Å². The maximum atomic E-state index is 12.5. The zero-order valence-corrected chi connectivity index (χ0v) is 16.7. The number of hydrogen-bond donors (Lipinski definition) is 3. The van der Waals surface area contributed by atoms with E-state index in [1.165, 1.54) is 6.20 Å². The van der Waals surface area contributed by atoms with Crippen LogP contribution in [0.25, 0.3) is 0 Å². The van der Waals surface area contributed by atoms with E-state index in [1.807, 2.05) is 12.1 Å². The van der Waals surface area contributed by atoms with Crippen molar-refractivity contribution in [1.82, 2.24) is 15.0 Å². The van der Waals surface area contributed by atoms with Crippen molar-refractivity contribution in [3.63, 3.8) is 0 Å². The minimum Gasteiger partial charge on any atom is -0.494 e. The summed E-state index contributed by atoms with van der Waals surface area (Å²) in [6.45, 7) is 0.864. The van der Waals surface area contributed by atoms with E-state index in [-0.39, 0.29) is 17.7 Å². The van der Waals surface area contributed by atoms with E-state index >= 15 is 0 Å². The summed E-state index contributed by atoms with van der Waals surface area (Å²) in [5.74, 6) is 0.674. The molecule has 4 N–H and O–H groups in total. The van der Waals surface area contributed by atoms with Gasteiger partial charge in [-0.3, -0.25) is 9.78 Å². The summed E-state index contributed by atoms with van der Waals surface area (Å²) in [6.07, 6.45) is 9.26. The van der Waals surface area contributed by atoms with Crippen molar-refractivity contribution in [1.29, 1.82) is 0 Å². The second-order valence-corrected chi connectivity index (χ2v) is 6.84. The van der Waals surface area contributed by atoms with Gasteiger partial charge in [0.15, 0.2) is 0 Å². The molecule has 3 aromatic heterocycles. The first-order valence-electron chi connectivity index (χ1n) is 9.77. The molecule has 0 aliphatic carbocycles. The fraction of sp³-hybridized carbons (Fsp3) is 0.182. The summed E-state index contributed by atoms with van der Waals surface area (Å²) < 4.78 is 11.0. The molecule has 0 radical (unpaired) electrons. The van der Waals surface area contributed by atoms with E-state index in [0.717, 1.165) is 17.8 Å². The number of rotatable bonds is 8. The predicted molar refractivity (Wildman–Crippen MR) is 117 cm³/mol. The molecule has 158 valence electrons. The van der Waals surface area contributed by atoms with Crippen LogP contribution in [0.15, 0.2) is 67.3 Å². The van der Waals surface area contributed by atoms with Crippen molar-refractivity contribution in [2.45, 2.75) is 19.1 Å². The third kappa shape index (κ3) is 5.47. The molecule has 4 rings (SSSR count). The highest BCUT2D eigenvalue weighted by molar-refractivity contribution is 6.02. The third-order valence-corrected chi connectivity index (χ3v) is 4.54. The molecule has 0 spiro atoms. The maximum absolute atomic E-state index is 12.5. The maximum Gasteiger partial charge on any atom is 0.274 e. The monoisotopic (exact) mass is 418 g/mol. The lowest BCUT2D eigenvalue weighted by atomic mass is 10.2. The Labute approximate surface area is 179 Å². The lowest BCUT2D eigenvalue weighted by Gasteiger charge is -2.12. The highest BCUT2D eigenvalue weighted by Gasteiger charge is 2.13. The van der Waals surface area contributed by atoms with Gasteiger partial charge in [0.2, 0.25) is 0 Å². The van der Waals surface area contributed by atoms with Gasteiger partial charge in [0.05, 0.1) is 30.4 Å². The predicted octanol–water partition coefficient (Wildman–Crippen LogP) is 3.00. The first kappa shape index (κ1) is 20.1. The number of nitrogens with two attached hydrogens (primary N) is 1. The number of amides is 1. The quantitative estimate of drug-likeness (QED) is 0.510. The number of ether oxygens (including phenoxy) is 2. The van der Waals surface area contributed by atoms with Crippen molar-refractivity contribution < 1.29 is 14.3 Å². The van der Waals surface area contributed by atoms with Crippen LogP contribution in [0.4, 0.5) is 17.2 Å². The molecule has 4 heterocycles. The largest absolute Gasteiger partial charge is 0.494 e. The Morgan fingerprint density at radius 2 is 2.13 bits per heavy atom. The van der Waals surface area contributed by atoms with Crippen LogP contribution in [0.1, 0.15) is 22.6 Å². The third-order valence-electron chi connectivity index (χ3n) is 4.54. The van der Waals surface area contributed by atoms with Crippen molar-refractivity contribution in [3.05, 3.63) is 78.7 Å². The standard InChI is InChI=1S/C22H22N6O3/c23-21-19(4-1-8-25-21)26-12-16-11-15(7-9-24-16)28-22(29)20-6-5-17(13-27-20)31-14-18-3-2-10-30-18/h1-2,4-11,13,18,26H,3,12,14H2,(H2,23,25)(H,24,28,29). The fourth-order valence-electron chi connectivity index (χ4n) is 2.93. The van der Waals surface area contributed by atoms with E-state index in [0.29, 0.717) is 30.4 Å². The van der Waals surface area contributed by atoms with E-state index in [2.05, 4.69) is 25.6 Å². The molecule has 0 saturated carbocycles. The molecule has 1 atom stereocenters. The molecule has 1 unspecified atom stereocenters. The van der Waals surface area contributed by atoms with Gasteiger partial charge in [-0.1, -0.05) is 0 Å². The number of carbonyl (C=O) groups is 1. The average molecular weight is 418 g/mol. The Kier molecular flexibility index (Phi) is 6.22. The zero-order chi connectivity index (χ0) is 21.5. The molecule has 31 heavy (non-hydrogen) atoms. The van der Waals surface area contributed by atoms with Crippen LogP contribution >= 0.6 is 0 Å². The second-order valence-electron chi connectivity index (χ2n) is 6.84. The Hall–Kier alpha value is -4.14. The summed E-state index contributed by atoms with van der Waals surface area (Å²) in [7, 11) is 0. The molecule has 0 fully saturated rings. The van der Waals surface area contributed by atoms with Gasteiger partial charge in [-0.25, -0.2) is 9.97 Å². The van der Waals surface area contributed by atoms with Crippen molar-refractivity contribution in [3.8, 4) is 5.75 Å². The number of nitrogens with zero attached hydrogens (tertiary/aromatic N) is 3. The molecule has 0 saturated heterocycles. The molecular formula is C22H22N6O3. The molecule has 1 amide bonds. The number of carbonyl (C=O) groups excluding carboxylic acids is 1. The topological polar surface area (TPSA) is 124 Å². The number of nitrogen functional groups attached to an aromatic ring is 1. The lowest BCUT2D eigenvalue weighted by Crippen LogP contribution is -2.17. The van der Waals surface area contributed by atoms with Gasteiger partial charge >= 0.3 is 0 Å².